The lowest BCUT2D eigenvalue weighted by Gasteiger charge is -2.12. The van der Waals surface area contributed by atoms with Crippen LogP contribution >= 0.6 is 34.7 Å². The number of nitrogens with zero attached hydrogens (tertiary/aromatic N) is 1. The van der Waals surface area contributed by atoms with Gasteiger partial charge in [0.1, 0.15) is 10.6 Å². The minimum absolute atomic E-state index is 0.0778. The number of thiophene rings is 1. The molecule has 32 heavy (non-hydrogen) atoms. The maximum absolute atomic E-state index is 12.9. The van der Waals surface area contributed by atoms with Crippen molar-refractivity contribution < 1.29 is 9.90 Å². The summed E-state index contributed by atoms with van der Waals surface area (Å²) in [5, 5.41) is 15.2. The predicted molar refractivity (Wildman–Crippen MR) is 132 cm³/mol. The molecule has 0 aliphatic carbocycles. The molecule has 2 heterocycles. The second kappa shape index (κ2) is 9.36. The number of H-pyrrole nitrogens is 1. The molecular weight excluding hydrogens is 466 g/mol. The largest absolute Gasteiger partial charge is 0.506 e. The lowest BCUT2D eigenvalue weighted by atomic mass is 10.0. The van der Waals surface area contributed by atoms with Crippen molar-refractivity contribution in [2.24, 2.45) is 0 Å². The van der Waals surface area contributed by atoms with Crippen LogP contribution < -0.4 is 10.9 Å². The number of nitrogens with one attached hydrogen (secondary N) is 2. The molecule has 164 valence electrons. The molecule has 1 amide bonds. The summed E-state index contributed by atoms with van der Waals surface area (Å²) in [5.41, 5.74) is 3.03. The number of benzene rings is 2. The molecule has 4 rings (SSSR count). The van der Waals surface area contributed by atoms with E-state index in [-0.39, 0.29) is 22.9 Å². The van der Waals surface area contributed by atoms with Gasteiger partial charge in [0, 0.05) is 16.0 Å². The highest BCUT2D eigenvalue weighted by molar-refractivity contribution is 8.00. The average molecular weight is 486 g/mol. The van der Waals surface area contributed by atoms with E-state index >= 15 is 0 Å². The third kappa shape index (κ3) is 4.67. The van der Waals surface area contributed by atoms with Crippen molar-refractivity contribution in [2.75, 3.05) is 5.32 Å². The predicted octanol–water partition coefficient (Wildman–Crippen LogP) is 5.69. The number of phenols is 1. The van der Waals surface area contributed by atoms with Gasteiger partial charge in [0.05, 0.1) is 16.3 Å². The molecule has 0 saturated carbocycles. The van der Waals surface area contributed by atoms with Gasteiger partial charge in [-0.05, 0) is 42.7 Å². The monoisotopic (exact) mass is 485 g/mol. The van der Waals surface area contributed by atoms with E-state index in [0.29, 0.717) is 20.4 Å². The number of aromatic hydroxyl groups is 1. The molecule has 0 saturated heterocycles. The number of carbonyl (C=O) groups is 1. The molecule has 1 atom stereocenters. The highest BCUT2D eigenvalue weighted by Gasteiger charge is 2.19. The number of carbonyl (C=O) groups excluding carboxylic acids is 1. The van der Waals surface area contributed by atoms with Gasteiger partial charge in [0.2, 0.25) is 5.91 Å². The Hall–Kier alpha value is -2.81. The van der Waals surface area contributed by atoms with E-state index in [1.54, 1.807) is 6.92 Å². The second-order valence-corrected chi connectivity index (χ2v) is 9.79. The number of aryl methyl sites for hydroxylation is 1. The number of thioether (sulfide) groups is 1. The fraction of sp³-hybridized carbons (Fsp3) is 0.174. The Morgan fingerprint density at radius 3 is 2.75 bits per heavy atom. The first kappa shape index (κ1) is 22.4. The van der Waals surface area contributed by atoms with Gasteiger partial charge in [-0.3, -0.25) is 9.59 Å². The number of aromatic nitrogens is 2. The Kier molecular flexibility index (Phi) is 6.55. The zero-order valence-electron chi connectivity index (χ0n) is 17.3. The maximum atomic E-state index is 12.9. The fourth-order valence-corrected chi connectivity index (χ4v) is 5.16. The van der Waals surface area contributed by atoms with E-state index in [9.17, 15) is 14.7 Å². The minimum Gasteiger partial charge on any atom is -0.506 e. The first-order chi connectivity index (χ1) is 15.4. The minimum atomic E-state index is -0.574. The third-order valence-corrected chi connectivity index (χ3v) is 7.06. The Balaban J connectivity index is 1.55. The molecule has 0 aliphatic rings. The summed E-state index contributed by atoms with van der Waals surface area (Å²) in [4.78, 5) is 33.4. The van der Waals surface area contributed by atoms with Gasteiger partial charge in [-0.25, -0.2) is 4.98 Å². The summed E-state index contributed by atoms with van der Waals surface area (Å²) >= 11 is 8.46. The third-order valence-electron chi connectivity index (χ3n) is 4.97. The number of phenolic OH excluding ortho intramolecular Hbond substituents is 1. The smallest absolute Gasteiger partial charge is 0.260 e. The Morgan fingerprint density at radius 1 is 1.28 bits per heavy atom. The van der Waals surface area contributed by atoms with E-state index in [0.717, 1.165) is 29.3 Å². The summed E-state index contributed by atoms with van der Waals surface area (Å²) in [6.07, 6.45) is 0.954. The second-order valence-electron chi connectivity index (χ2n) is 7.16. The number of hydrogen-bond acceptors (Lipinski definition) is 6. The fourth-order valence-electron chi connectivity index (χ4n) is 3.18. The number of hydrogen-bond donors (Lipinski definition) is 3. The first-order valence-electron chi connectivity index (χ1n) is 9.92. The van der Waals surface area contributed by atoms with Crippen molar-refractivity contribution in [1.82, 2.24) is 9.97 Å². The van der Waals surface area contributed by atoms with Gasteiger partial charge in [0.25, 0.3) is 5.56 Å². The van der Waals surface area contributed by atoms with Gasteiger partial charge in [0.15, 0.2) is 5.16 Å². The van der Waals surface area contributed by atoms with Crippen LogP contribution in [0, 0.1) is 0 Å². The molecule has 0 spiro atoms. The van der Waals surface area contributed by atoms with Gasteiger partial charge in [-0.15, -0.1) is 11.3 Å². The first-order valence-corrected chi connectivity index (χ1v) is 12.1. The van der Waals surface area contributed by atoms with E-state index in [4.69, 9.17) is 11.6 Å². The average Bonchev–Trinajstić information content (AvgIpc) is 3.21. The van der Waals surface area contributed by atoms with Gasteiger partial charge in [-0.1, -0.05) is 54.6 Å². The number of amides is 1. The normalized spacial score (nSPS) is 12.1. The van der Waals surface area contributed by atoms with E-state index in [1.807, 2.05) is 17.5 Å². The Labute approximate surface area is 197 Å². The lowest BCUT2D eigenvalue weighted by Crippen LogP contribution is -2.23. The maximum Gasteiger partial charge on any atom is 0.260 e. The van der Waals surface area contributed by atoms with Crippen LogP contribution in [0.5, 0.6) is 5.75 Å². The number of fused-ring (bicyclic) bond motifs is 1. The molecule has 4 aromatic rings. The summed E-state index contributed by atoms with van der Waals surface area (Å²) in [7, 11) is 0. The summed E-state index contributed by atoms with van der Waals surface area (Å²) in [6, 6.07) is 12.6. The van der Waals surface area contributed by atoms with Crippen LogP contribution in [0.15, 0.2) is 57.8 Å². The van der Waals surface area contributed by atoms with E-state index in [2.05, 4.69) is 34.3 Å². The zero-order valence-corrected chi connectivity index (χ0v) is 19.7. The molecule has 1 unspecified atom stereocenters. The van der Waals surface area contributed by atoms with Crippen molar-refractivity contribution in [3.05, 3.63) is 68.8 Å². The molecular formula is C23H20ClN3O3S2. The van der Waals surface area contributed by atoms with Crippen LogP contribution in [0.4, 0.5) is 5.69 Å². The molecule has 2 aromatic carbocycles. The Morgan fingerprint density at radius 2 is 2.03 bits per heavy atom. The lowest BCUT2D eigenvalue weighted by molar-refractivity contribution is -0.115. The molecule has 2 aromatic heterocycles. The van der Waals surface area contributed by atoms with Crippen molar-refractivity contribution in [1.29, 1.82) is 0 Å². The number of rotatable bonds is 6. The molecule has 3 N–H and O–H groups in total. The van der Waals surface area contributed by atoms with Crippen LogP contribution in [-0.4, -0.2) is 26.2 Å². The number of aromatic amines is 1. The highest BCUT2D eigenvalue weighted by Crippen LogP contribution is 2.33. The van der Waals surface area contributed by atoms with Gasteiger partial charge < -0.3 is 15.4 Å². The summed E-state index contributed by atoms with van der Waals surface area (Å²) in [5.74, 6) is -0.427. The van der Waals surface area contributed by atoms with Crippen molar-refractivity contribution >= 4 is 56.5 Å². The standard InChI is InChI=1S/C23H20ClN3O3S2/c1-3-13-4-6-14(7-5-13)16-11-31-22-19(16)21(30)26-23(27-22)32-12(2)20(29)25-17-10-15(24)8-9-18(17)28/h4-12,28H,3H2,1-2H3,(H,25,29)(H,26,27,30). The van der Waals surface area contributed by atoms with Gasteiger partial charge >= 0.3 is 0 Å². The van der Waals surface area contributed by atoms with Crippen LogP contribution in [0.1, 0.15) is 19.4 Å². The number of halogens is 1. The van der Waals surface area contributed by atoms with E-state index in [1.165, 1.54) is 35.1 Å². The topological polar surface area (TPSA) is 95.1 Å². The zero-order chi connectivity index (χ0) is 22.8. The van der Waals surface area contributed by atoms with Crippen LogP contribution in [0.3, 0.4) is 0 Å². The highest BCUT2D eigenvalue weighted by atomic mass is 35.5. The Bertz CT molecular complexity index is 1350. The molecule has 9 heteroatoms. The van der Waals surface area contributed by atoms with Crippen LogP contribution in [0.2, 0.25) is 5.02 Å². The van der Waals surface area contributed by atoms with Crippen molar-refractivity contribution in [2.45, 2.75) is 30.7 Å². The van der Waals surface area contributed by atoms with Crippen LogP contribution in [0.25, 0.3) is 21.3 Å². The molecule has 6 nitrogen and oxygen atoms in total. The van der Waals surface area contributed by atoms with Crippen molar-refractivity contribution in [3.8, 4) is 16.9 Å². The summed E-state index contributed by atoms with van der Waals surface area (Å²) < 4.78 is 0. The van der Waals surface area contributed by atoms with Crippen molar-refractivity contribution in [3.63, 3.8) is 0 Å². The SMILES string of the molecule is CCc1ccc(-c2csc3nc(SC(C)C(=O)Nc4cc(Cl)ccc4O)[nH]c(=O)c23)cc1. The molecule has 0 radical (unpaired) electrons. The number of anilines is 1. The molecule has 0 fully saturated rings. The summed E-state index contributed by atoms with van der Waals surface area (Å²) in [6.45, 7) is 3.79. The molecule has 0 bridgehead atoms. The van der Waals surface area contributed by atoms with Gasteiger partial charge in [-0.2, -0.15) is 0 Å². The van der Waals surface area contributed by atoms with Crippen LogP contribution in [-0.2, 0) is 11.2 Å². The quantitative estimate of drug-likeness (QED) is 0.185. The molecule has 0 aliphatic heterocycles. The van der Waals surface area contributed by atoms with E-state index < -0.39 is 5.25 Å².